The Morgan fingerprint density at radius 1 is 1.32 bits per heavy atom. The molecule has 1 fully saturated rings. The predicted molar refractivity (Wildman–Crippen MR) is 91.4 cm³/mol. The molecule has 2 rings (SSSR count). The van der Waals surface area contributed by atoms with Crippen LogP contribution in [0.5, 0.6) is 0 Å². The van der Waals surface area contributed by atoms with Crippen molar-refractivity contribution >= 4 is 10.0 Å². The summed E-state index contributed by atoms with van der Waals surface area (Å²) in [5.74, 6) is 0.184. The van der Waals surface area contributed by atoms with E-state index in [9.17, 15) is 8.42 Å². The SMILES string of the molecule is CCS(=O)(=O)N(C)C1CCN([C@H](C)c2cccc(C)c2)CC1. The average Bonchev–Trinajstić information content (AvgIpc) is 2.53. The van der Waals surface area contributed by atoms with Crippen LogP contribution in [0.1, 0.15) is 43.9 Å². The standard InChI is InChI=1S/C17H28N2O2S/c1-5-22(20,21)18(4)17-9-11-19(12-10-17)15(3)16-8-6-7-14(2)13-16/h6-8,13,15,17H,5,9-12H2,1-4H3/t15-/m1/s1. The minimum Gasteiger partial charge on any atom is -0.296 e. The highest BCUT2D eigenvalue weighted by molar-refractivity contribution is 7.89. The summed E-state index contributed by atoms with van der Waals surface area (Å²) in [6.45, 7) is 7.96. The van der Waals surface area contributed by atoms with Crippen LogP contribution < -0.4 is 0 Å². The van der Waals surface area contributed by atoms with Gasteiger partial charge in [0, 0.05) is 32.2 Å². The summed E-state index contributed by atoms with van der Waals surface area (Å²) in [5.41, 5.74) is 2.63. The van der Waals surface area contributed by atoms with Gasteiger partial charge in [-0.3, -0.25) is 4.90 Å². The smallest absolute Gasteiger partial charge is 0.213 e. The molecule has 0 spiro atoms. The van der Waals surface area contributed by atoms with Gasteiger partial charge < -0.3 is 0 Å². The number of hydrogen-bond donors (Lipinski definition) is 0. The van der Waals surface area contributed by atoms with Crippen LogP contribution in [0.25, 0.3) is 0 Å². The van der Waals surface area contributed by atoms with Gasteiger partial charge in [-0.2, -0.15) is 0 Å². The number of benzene rings is 1. The molecule has 0 N–H and O–H groups in total. The predicted octanol–water partition coefficient (Wildman–Crippen LogP) is 2.80. The average molecular weight is 324 g/mol. The minimum absolute atomic E-state index is 0.144. The number of likely N-dealkylation sites (tertiary alicyclic amines) is 1. The van der Waals surface area contributed by atoms with Crippen LogP contribution in [0, 0.1) is 6.92 Å². The molecule has 1 heterocycles. The number of hydrogen-bond acceptors (Lipinski definition) is 3. The highest BCUT2D eigenvalue weighted by Gasteiger charge is 2.30. The van der Waals surface area contributed by atoms with Gasteiger partial charge in [-0.15, -0.1) is 0 Å². The molecule has 4 nitrogen and oxygen atoms in total. The van der Waals surface area contributed by atoms with Crippen molar-refractivity contribution < 1.29 is 8.42 Å². The summed E-state index contributed by atoms with van der Waals surface area (Å²) in [6, 6.07) is 9.17. The minimum atomic E-state index is -3.08. The van der Waals surface area contributed by atoms with Crippen LogP contribution in [-0.2, 0) is 10.0 Å². The van der Waals surface area contributed by atoms with Crippen molar-refractivity contribution in [2.24, 2.45) is 0 Å². The molecular weight excluding hydrogens is 296 g/mol. The fourth-order valence-electron chi connectivity index (χ4n) is 3.21. The van der Waals surface area contributed by atoms with Crippen LogP contribution >= 0.6 is 0 Å². The van der Waals surface area contributed by atoms with Gasteiger partial charge in [-0.1, -0.05) is 29.8 Å². The molecule has 0 aromatic heterocycles. The van der Waals surface area contributed by atoms with Crippen molar-refractivity contribution in [2.45, 2.75) is 45.7 Å². The molecule has 0 amide bonds. The molecule has 22 heavy (non-hydrogen) atoms. The molecule has 1 aliphatic heterocycles. The fourth-order valence-corrected chi connectivity index (χ4v) is 4.28. The fraction of sp³-hybridized carbons (Fsp3) is 0.647. The van der Waals surface area contributed by atoms with Crippen LogP contribution in [0.4, 0.5) is 0 Å². The molecule has 1 atom stereocenters. The van der Waals surface area contributed by atoms with Gasteiger partial charge in [-0.25, -0.2) is 12.7 Å². The van der Waals surface area contributed by atoms with Gasteiger partial charge in [0.2, 0.25) is 10.0 Å². The van der Waals surface area contributed by atoms with E-state index in [-0.39, 0.29) is 11.8 Å². The Morgan fingerprint density at radius 2 is 1.95 bits per heavy atom. The van der Waals surface area contributed by atoms with E-state index in [1.54, 1.807) is 18.3 Å². The van der Waals surface area contributed by atoms with Crippen molar-refractivity contribution in [2.75, 3.05) is 25.9 Å². The van der Waals surface area contributed by atoms with Gasteiger partial charge in [-0.05, 0) is 39.2 Å². The van der Waals surface area contributed by atoms with Gasteiger partial charge in [0.15, 0.2) is 0 Å². The maximum Gasteiger partial charge on any atom is 0.213 e. The van der Waals surface area contributed by atoms with E-state index in [1.807, 2.05) is 0 Å². The first-order valence-electron chi connectivity index (χ1n) is 8.11. The number of sulfonamides is 1. The monoisotopic (exact) mass is 324 g/mol. The zero-order chi connectivity index (χ0) is 16.3. The Balaban J connectivity index is 1.97. The molecule has 1 aromatic carbocycles. The Bertz CT molecular complexity index is 592. The molecule has 1 aliphatic rings. The van der Waals surface area contributed by atoms with Crippen LogP contribution in [0.3, 0.4) is 0 Å². The third kappa shape index (κ3) is 3.89. The van der Waals surface area contributed by atoms with Crippen molar-refractivity contribution in [3.05, 3.63) is 35.4 Å². The lowest BCUT2D eigenvalue weighted by atomic mass is 9.99. The third-order valence-corrected chi connectivity index (χ3v) is 6.79. The zero-order valence-electron chi connectivity index (χ0n) is 14.1. The lowest BCUT2D eigenvalue weighted by molar-refractivity contribution is 0.133. The Morgan fingerprint density at radius 3 is 2.50 bits per heavy atom. The van der Waals surface area contributed by atoms with Crippen LogP contribution in [-0.4, -0.2) is 49.6 Å². The first-order valence-corrected chi connectivity index (χ1v) is 9.72. The first-order chi connectivity index (χ1) is 10.3. The van der Waals surface area contributed by atoms with Crippen molar-refractivity contribution in [1.82, 2.24) is 9.21 Å². The summed E-state index contributed by atoms with van der Waals surface area (Å²) < 4.78 is 25.6. The number of aryl methyl sites for hydroxylation is 1. The molecule has 1 saturated heterocycles. The number of rotatable bonds is 5. The van der Waals surface area contributed by atoms with Gasteiger partial charge in [0.05, 0.1) is 5.75 Å². The maximum atomic E-state index is 12.0. The number of nitrogens with zero attached hydrogens (tertiary/aromatic N) is 2. The Hall–Kier alpha value is -0.910. The van der Waals surface area contributed by atoms with Gasteiger partial charge >= 0.3 is 0 Å². The van der Waals surface area contributed by atoms with Gasteiger partial charge in [0.1, 0.15) is 0 Å². The topological polar surface area (TPSA) is 40.6 Å². The second kappa shape index (κ2) is 7.11. The summed E-state index contributed by atoms with van der Waals surface area (Å²) in [4.78, 5) is 2.46. The molecular formula is C17H28N2O2S. The molecule has 5 heteroatoms. The van der Waals surface area contributed by atoms with E-state index >= 15 is 0 Å². The van der Waals surface area contributed by atoms with Crippen LogP contribution in [0.2, 0.25) is 0 Å². The van der Waals surface area contributed by atoms with Crippen molar-refractivity contribution in [1.29, 1.82) is 0 Å². The summed E-state index contributed by atoms with van der Waals surface area (Å²) in [5, 5.41) is 0. The molecule has 124 valence electrons. The molecule has 0 saturated carbocycles. The second-order valence-corrected chi connectivity index (χ2v) is 8.59. The van der Waals surface area contributed by atoms with Crippen molar-refractivity contribution in [3.8, 4) is 0 Å². The molecule has 0 aliphatic carbocycles. The van der Waals surface area contributed by atoms with E-state index < -0.39 is 10.0 Å². The second-order valence-electron chi connectivity index (χ2n) is 6.27. The normalized spacial score (nSPS) is 19.5. The Labute approximate surface area is 135 Å². The summed E-state index contributed by atoms with van der Waals surface area (Å²) in [7, 11) is -1.35. The molecule has 0 unspecified atom stereocenters. The quantitative estimate of drug-likeness (QED) is 0.836. The van der Waals surface area contributed by atoms with E-state index in [4.69, 9.17) is 0 Å². The van der Waals surface area contributed by atoms with Gasteiger partial charge in [0.25, 0.3) is 0 Å². The van der Waals surface area contributed by atoms with E-state index in [0.29, 0.717) is 6.04 Å². The molecule has 0 bridgehead atoms. The first kappa shape index (κ1) is 17.4. The number of piperidine rings is 1. The largest absolute Gasteiger partial charge is 0.296 e. The van der Waals surface area contributed by atoms with E-state index in [1.165, 1.54) is 11.1 Å². The van der Waals surface area contributed by atoms with E-state index in [0.717, 1.165) is 25.9 Å². The van der Waals surface area contributed by atoms with E-state index in [2.05, 4.69) is 43.0 Å². The maximum absolute atomic E-state index is 12.0. The highest BCUT2D eigenvalue weighted by Crippen LogP contribution is 2.26. The van der Waals surface area contributed by atoms with Crippen molar-refractivity contribution in [3.63, 3.8) is 0 Å². The zero-order valence-corrected chi connectivity index (χ0v) is 14.9. The lowest BCUT2D eigenvalue weighted by Crippen LogP contribution is -2.46. The summed E-state index contributed by atoms with van der Waals surface area (Å²) >= 11 is 0. The third-order valence-electron chi connectivity index (χ3n) is 4.89. The van der Waals surface area contributed by atoms with Crippen LogP contribution in [0.15, 0.2) is 24.3 Å². The molecule has 1 aromatic rings. The molecule has 0 radical (unpaired) electrons. The Kier molecular flexibility index (Phi) is 5.64. The highest BCUT2D eigenvalue weighted by atomic mass is 32.2. The lowest BCUT2D eigenvalue weighted by Gasteiger charge is -2.39. The summed E-state index contributed by atoms with van der Waals surface area (Å²) in [6.07, 6.45) is 1.82.